The van der Waals surface area contributed by atoms with E-state index >= 15 is 0 Å². The molecule has 1 amide bonds. The number of carbonyl (C=O) groups is 2. The van der Waals surface area contributed by atoms with E-state index in [2.05, 4.69) is 9.97 Å². The Hall–Kier alpha value is -2.96. The molecule has 1 aromatic carbocycles. The molecule has 1 aliphatic rings. The third kappa shape index (κ3) is 3.51. The number of rotatable bonds is 6. The van der Waals surface area contributed by atoms with Crippen LogP contribution in [0.5, 0.6) is 11.6 Å². The molecule has 1 saturated carbocycles. The first kappa shape index (κ1) is 15.9. The van der Waals surface area contributed by atoms with Crippen LogP contribution in [0.15, 0.2) is 42.9 Å². The second-order valence-corrected chi connectivity index (χ2v) is 5.63. The lowest BCUT2D eigenvalue weighted by molar-refractivity contribution is -0.141. The number of aliphatic carboxylic acids is 1. The van der Waals surface area contributed by atoms with Gasteiger partial charge >= 0.3 is 5.97 Å². The fourth-order valence-corrected chi connectivity index (χ4v) is 2.43. The summed E-state index contributed by atoms with van der Waals surface area (Å²) in [5.41, 5.74) is 0.386. The van der Waals surface area contributed by atoms with E-state index in [4.69, 9.17) is 4.74 Å². The minimum absolute atomic E-state index is 0.00633. The number of aromatic nitrogens is 2. The number of nitrogens with zero attached hydrogens (tertiary/aromatic N) is 3. The van der Waals surface area contributed by atoms with Gasteiger partial charge in [0.15, 0.2) is 0 Å². The van der Waals surface area contributed by atoms with Crippen LogP contribution in [0.25, 0.3) is 0 Å². The van der Waals surface area contributed by atoms with Crippen LogP contribution in [0.4, 0.5) is 0 Å². The van der Waals surface area contributed by atoms with Crippen LogP contribution >= 0.6 is 0 Å². The van der Waals surface area contributed by atoms with Crippen molar-refractivity contribution >= 4 is 11.9 Å². The molecule has 0 spiro atoms. The summed E-state index contributed by atoms with van der Waals surface area (Å²) in [5.74, 6) is -0.556. The first-order valence-electron chi connectivity index (χ1n) is 7.65. The zero-order valence-corrected chi connectivity index (χ0v) is 13.1. The van der Waals surface area contributed by atoms with Crippen LogP contribution in [0, 0.1) is 0 Å². The van der Waals surface area contributed by atoms with Crippen molar-refractivity contribution in [2.24, 2.45) is 0 Å². The molecule has 1 aromatic heterocycles. The maximum Gasteiger partial charge on any atom is 0.326 e. The van der Waals surface area contributed by atoms with Gasteiger partial charge in [-0.15, -0.1) is 0 Å². The molecule has 7 heteroatoms. The maximum absolute atomic E-state index is 12.8. The lowest BCUT2D eigenvalue weighted by Gasteiger charge is -2.26. The highest BCUT2D eigenvalue weighted by Crippen LogP contribution is 2.31. The van der Waals surface area contributed by atoms with Gasteiger partial charge in [0.2, 0.25) is 5.88 Å². The van der Waals surface area contributed by atoms with Gasteiger partial charge in [-0.25, -0.2) is 9.78 Å². The van der Waals surface area contributed by atoms with Crippen molar-refractivity contribution in [3.05, 3.63) is 48.4 Å². The summed E-state index contributed by atoms with van der Waals surface area (Å²) >= 11 is 0. The summed E-state index contributed by atoms with van der Waals surface area (Å²) in [7, 11) is 0. The summed E-state index contributed by atoms with van der Waals surface area (Å²) < 4.78 is 5.57. The van der Waals surface area contributed by atoms with Gasteiger partial charge in [0.25, 0.3) is 5.91 Å². The van der Waals surface area contributed by atoms with Crippen LogP contribution in [0.3, 0.4) is 0 Å². The van der Waals surface area contributed by atoms with Crippen molar-refractivity contribution in [2.45, 2.75) is 31.8 Å². The third-order valence-corrected chi connectivity index (χ3v) is 3.79. The van der Waals surface area contributed by atoms with Crippen LogP contribution in [0.1, 0.15) is 30.1 Å². The van der Waals surface area contributed by atoms with Gasteiger partial charge in [0.05, 0.1) is 6.20 Å². The molecule has 1 aliphatic carbocycles. The van der Waals surface area contributed by atoms with Crippen molar-refractivity contribution in [1.29, 1.82) is 0 Å². The average molecular weight is 327 g/mol. The maximum atomic E-state index is 12.8. The van der Waals surface area contributed by atoms with Crippen molar-refractivity contribution < 1.29 is 19.4 Å². The van der Waals surface area contributed by atoms with Crippen molar-refractivity contribution in [2.75, 3.05) is 0 Å². The molecule has 7 nitrogen and oxygen atoms in total. The Morgan fingerprint density at radius 2 is 2.12 bits per heavy atom. The number of benzene rings is 1. The molecule has 24 heavy (non-hydrogen) atoms. The van der Waals surface area contributed by atoms with E-state index in [1.165, 1.54) is 30.4 Å². The average Bonchev–Trinajstić information content (AvgIpc) is 3.41. The highest BCUT2D eigenvalue weighted by Gasteiger charge is 2.38. The molecule has 3 rings (SSSR count). The topological polar surface area (TPSA) is 92.6 Å². The number of carboxylic acids is 1. The number of hydrogen-bond donors (Lipinski definition) is 1. The molecule has 2 aromatic rings. The summed E-state index contributed by atoms with van der Waals surface area (Å²) in [6, 6.07) is 5.75. The zero-order chi connectivity index (χ0) is 17.1. The molecule has 1 unspecified atom stereocenters. The minimum Gasteiger partial charge on any atom is -0.480 e. The predicted molar refractivity (Wildman–Crippen MR) is 84.8 cm³/mol. The molecular weight excluding hydrogens is 310 g/mol. The molecule has 0 aliphatic heterocycles. The first-order chi connectivity index (χ1) is 11.6. The molecule has 0 radical (unpaired) electrons. The summed E-state index contributed by atoms with van der Waals surface area (Å²) in [6.07, 6.45) is 6.18. The van der Waals surface area contributed by atoms with Gasteiger partial charge in [0.1, 0.15) is 11.8 Å². The molecule has 0 saturated heterocycles. The van der Waals surface area contributed by atoms with E-state index in [0.717, 1.165) is 12.8 Å². The Kier molecular flexibility index (Phi) is 4.41. The van der Waals surface area contributed by atoms with E-state index in [1.807, 2.05) is 0 Å². The van der Waals surface area contributed by atoms with E-state index in [-0.39, 0.29) is 11.9 Å². The van der Waals surface area contributed by atoms with Gasteiger partial charge in [-0.2, -0.15) is 0 Å². The highest BCUT2D eigenvalue weighted by molar-refractivity contribution is 5.97. The van der Waals surface area contributed by atoms with Crippen LogP contribution in [-0.4, -0.2) is 43.9 Å². The monoisotopic (exact) mass is 327 g/mol. The Bertz CT molecular complexity index is 747. The Morgan fingerprint density at radius 3 is 2.75 bits per heavy atom. The van der Waals surface area contributed by atoms with Crippen LogP contribution < -0.4 is 4.74 Å². The molecule has 1 fully saturated rings. The lowest BCUT2D eigenvalue weighted by atomic mass is 10.1. The molecule has 1 heterocycles. The fourth-order valence-electron chi connectivity index (χ4n) is 2.43. The number of amides is 1. The Morgan fingerprint density at radius 1 is 1.33 bits per heavy atom. The van der Waals surface area contributed by atoms with Crippen molar-refractivity contribution in [3.63, 3.8) is 0 Å². The predicted octanol–water partition coefficient (Wildman–Crippen LogP) is 2.35. The third-order valence-electron chi connectivity index (χ3n) is 3.79. The molecule has 0 bridgehead atoms. The van der Waals surface area contributed by atoms with Crippen molar-refractivity contribution in [3.8, 4) is 11.6 Å². The summed E-state index contributed by atoms with van der Waals surface area (Å²) in [5, 5.41) is 9.24. The standard InChI is InChI=1S/C17H17N3O4/c1-11(17(22)23)20(13-5-6-13)16(21)12-3-2-4-14(9-12)24-15-10-18-7-8-19-15/h2-4,7-11,13H,5-6H2,1H3,(H,22,23). The van der Waals surface area contributed by atoms with Crippen molar-refractivity contribution in [1.82, 2.24) is 14.9 Å². The number of carbonyl (C=O) groups excluding carboxylic acids is 1. The normalized spacial score (nSPS) is 14.7. The fraction of sp³-hybridized carbons (Fsp3) is 0.294. The quantitative estimate of drug-likeness (QED) is 0.875. The second kappa shape index (κ2) is 6.66. The van der Waals surface area contributed by atoms with Gasteiger partial charge < -0.3 is 14.7 Å². The number of carboxylic acid groups (broad SMARTS) is 1. The number of ether oxygens (including phenoxy) is 1. The number of hydrogen-bond acceptors (Lipinski definition) is 5. The summed E-state index contributed by atoms with van der Waals surface area (Å²) in [6.45, 7) is 1.53. The van der Waals surface area contributed by atoms with E-state index in [9.17, 15) is 14.7 Å². The van der Waals surface area contributed by atoms with E-state index in [0.29, 0.717) is 17.2 Å². The lowest BCUT2D eigenvalue weighted by Crippen LogP contribution is -2.44. The summed E-state index contributed by atoms with van der Waals surface area (Å²) in [4.78, 5) is 33.4. The van der Waals surface area contributed by atoms with Crippen LogP contribution in [0.2, 0.25) is 0 Å². The van der Waals surface area contributed by atoms with Gasteiger partial charge in [0, 0.05) is 24.0 Å². The first-order valence-corrected chi connectivity index (χ1v) is 7.65. The second-order valence-electron chi connectivity index (χ2n) is 5.63. The van der Waals surface area contributed by atoms with E-state index in [1.54, 1.807) is 24.3 Å². The molecular formula is C17H17N3O4. The zero-order valence-electron chi connectivity index (χ0n) is 13.1. The smallest absolute Gasteiger partial charge is 0.326 e. The van der Waals surface area contributed by atoms with Gasteiger partial charge in [-0.05, 0) is 38.0 Å². The van der Waals surface area contributed by atoms with Crippen LogP contribution in [-0.2, 0) is 4.79 Å². The SMILES string of the molecule is CC(C(=O)O)N(C(=O)c1cccc(Oc2cnccn2)c1)C1CC1. The highest BCUT2D eigenvalue weighted by atomic mass is 16.5. The van der Waals surface area contributed by atoms with Gasteiger partial charge in [-0.3, -0.25) is 9.78 Å². The largest absolute Gasteiger partial charge is 0.480 e. The van der Waals surface area contributed by atoms with E-state index < -0.39 is 12.0 Å². The Labute approximate surface area is 138 Å². The Balaban J connectivity index is 1.82. The molecule has 1 atom stereocenters. The minimum atomic E-state index is -1.01. The van der Waals surface area contributed by atoms with Gasteiger partial charge in [-0.1, -0.05) is 6.07 Å². The molecule has 1 N–H and O–H groups in total. The molecule has 124 valence electrons.